The molecule has 3 rings (SSSR count). The van der Waals surface area contributed by atoms with E-state index in [0.717, 1.165) is 25.8 Å². The van der Waals surface area contributed by atoms with Gasteiger partial charge in [0.05, 0.1) is 0 Å². The third-order valence-corrected chi connectivity index (χ3v) is 4.62. The van der Waals surface area contributed by atoms with Crippen molar-refractivity contribution in [1.29, 1.82) is 0 Å². The molecule has 1 aliphatic carbocycles. The first-order chi connectivity index (χ1) is 9.04. The second-order valence-corrected chi connectivity index (χ2v) is 5.89. The molecule has 0 aromatic heterocycles. The number of hydrogen-bond donors (Lipinski definition) is 1. The number of carbonyl (C=O) groups is 3. The number of nitrogens with zero attached hydrogens (tertiary/aromatic N) is 2. The number of nitrogens with one attached hydrogen (secondary N) is 1. The number of amides is 4. The lowest BCUT2D eigenvalue weighted by molar-refractivity contribution is -0.145. The molecular formula is C13H19N3O3. The van der Waals surface area contributed by atoms with Gasteiger partial charge in [-0.25, -0.2) is 4.79 Å². The van der Waals surface area contributed by atoms with Gasteiger partial charge in [0, 0.05) is 12.6 Å². The number of urea groups is 1. The molecule has 0 aromatic rings. The summed E-state index contributed by atoms with van der Waals surface area (Å²) in [5, 5.41) is 2.33. The fourth-order valence-electron chi connectivity index (χ4n) is 3.05. The zero-order chi connectivity index (χ0) is 13.6. The number of hydrogen-bond acceptors (Lipinski definition) is 4. The molecule has 6 nitrogen and oxygen atoms in total. The summed E-state index contributed by atoms with van der Waals surface area (Å²) in [7, 11) is 2.02. The Hall–Kier alpha value is -1.43. The second-order valence-electron chi connectivity index (χ2n) is 5.89. The predicted molar refractivity (Wildman–Crippen MR) is 67.2 cm³/mol. The van der Waals surface area contributed by atoms with Crippen molar-refractivity contribution >= 4 is 17.8 Å². The smallest absolute Gasteiger partial charge is 0.302 e. The average Bonchev–Trinajstić information content (AvgIpc) is 3.16. The lowest BCUT2D eigenvalue weighted by Crippen LogP contribution is -2.61. The summed E-state index contributed by atoms with van der Waals surface area (Å²) in [6, 6.07) is -0.334. The number of likely N-dealkylation sites (N-methyl/N-ethyl adjacent to an activating group) is 1. The van der Waals surface area contributed by atoms with Crippen LogP contribution in [0.15, 0.2) is 0 Å². The third kappa shape index (κ3) is 1.94. The van der Waals surface area contributed by atoms with Crippen LogP contribution in [0.25, 0.3) is 0 Å². The first-order valence-electron chi connectivity index (χ1n) is 6.92. The van der Waals surface area contributed by atoms with Crippen molar-refractivity contribution in [1.82, 2.24) is 15.1 Å². The highest BCUT2D eigenvalue weighted by molar-refractivity contribution is 6.20. The van der Waals surface area contributed by atoms with Crippen LogP contribution in [0.1, 0.15) is 32.1 Å². The van der Waals surface area contributed by atoms with Crippen LogP contribution in [-0.4, -0.2) is 53.8 Å². The van der Waals surface area contributed by atoms with Crippen LogP contribution >= 0.6 is 0 Å². The average molecular weight is 265 g/mol. The molecule has 0 radical (unpaired) electrons. The van der Waals surface area contributed by atoms with Gasteiger partial charge in [0.2, 0.25) is 11.8 Å². The molecule has 1 N–H and O–H groups in total. The van der Waals surface area contributed by atoms with Gasteiger partial charge in [0.15, 0.2) is 0 Å². The minimum Gasteiger partial charge on any atom is -0.302 e. The molecule has 3 aliphatic rings. The van der Waals surface area contributed by atoms with Crippen molar-refractivity contribution in [2.45, 2.75) is 38.1 Å². The van der Waals surface area contributed by atoms with Crippen molar-refractivity contribution in [2.24, 2.45) is 5.41 Å². The lowest BCUT2D eigenvalue weighted by Gasteiger charge is -2.38. The third-order valence-electron chi connectivity index (χ3n) is 4.62. The Labute approximate surface area is 112 Å². The fraction of sp³-hybridized carbons (Fsp3) is 0.769. The molecule has 2 aliphatic heterocycles. The van der Waals surface area contributed by atoms with E-state index < -0.39 is 17.4 Å². The molecule has 0 bridgehead atoms. The van der Waals surface area contributed by atoms with Gasteiger partial charge in [0.1, 0.15) is 5.41 Å². The van der Waals surface area contributed by atoms with Gasteiger partial charge in [-0.3, -0.25) is 19.8 Å². The lowest BCUT2D eigenvalue weighted by atomic mass is 9.99. The first kappa shape index (κ1) is 12.6. The van der Waals surface area contributed by atoms with Crippen LogP contribution in [0.4, 0.5) is 4.79 Å². The van der Waals surface area contributed by atoms with E-state index in [4.69, 9.17) is 0 Å². The Morgan fingerprint density at radius 3 is 2.63 bits per heavy atom. The van der Waals surface area contributed by atoms with E-state index in [1.54, 1.807) is 0 Å². The molecule has 3 fully saturated rings. The summed E-state index contributed by atoms with van der Waals surface area (Å²) in [4.78, 5) is 39.4. The van der Waals surface area contributed by atoms with Gasteiger partial charge in [-0.2, -0.15) is 0 Å². The summed E-state index contributed by atoms with van der Waals surface area (Å²) in [6.07, 6.45) is 4.43. The van der Waals surface area contributed by atoms with Crippen LogP contribution < -0.4 is 5.32 Å². The molecule has 2 heterocycles. The first-order valence-corrected chi connectivity index (χ1v) is 6.92. The highest BCUT2D eigenvalue weighted by Crippen LogP contribution is 2.49. The molecule has 19 heavy (non-hydrogen) atoms. The van der Waals surface area contributed by atoms with E-state index >= 15 is 0 Å². The summed E-state index contributed by atoms with van der Waals surface area (Å²) < 4.78 is 0. The summed E-state index contributed by atoms with van der Waals surface area (Å²) >= 11 is 0. The predicted octanol–water partition coefficient (Wildman–Crippen LogP) is 0.329. The standard InChI is InChI=1S/C13H19N3O3/c1-15-7-3-2-4-9(15)8-16-11(18)13(5-6-13)10(17)14-12(16)19/h9H,2-8H2,1H3,(H,14,17,19). The summed E-state index contributed by atoms with van der Waals surface area (Å²) in [5.74, 6) is -0.698. The quantitative estimate of drug-likeness (QED) is 0.730. The van der Waals surface area contributed by atoms with Crippen LogP contribution in [0.3, 0.4) is 0 Å². The van der Waals surface area contributed by atoms with E-state index in [9.17, 15) is 14.4 Å². The number of barbiturate groups is 1. The molecule has 1 atom stereocenters. The van der Waals surface area contributed by atoms with Crippen molar-refractivity contribution < 1.29 is 14.4 Å². The molecule has 2 saturated heterocycles. The number of carbonyl (C=O) groups excluding carboxylic acids is 3. The Balaban J connectivity index is 1.74. The topological polar surface area (TPSA) is 69.7 Å². The van der Waals surface area contributed by atoms with Gasteiger partial charge < -0.3 is 4.90 Å². The van der Waals surface area contributed by atoms with Crippen LogP contribution in [-0.2, 0) is 9.59 Å². The van der Waals surface area contributed by atoms with Gasteiger partial charge >= 0.3 is 6.03 Å². The molecule has 104 valence electrons. The number of piperidine rings is 1. The van der Waals surface area contributed by atoms with Crippen molar-refractivity contribution in [3.63, 3.8) is 0 Å². The highest BCUT2D eigenvalue weighted by Gasteiger charge is 2.62. The minimum absolute atomic E-state index is 0.215. The molecule has 6 heteroatoms. The maximum atomic E-state index is 12.3. The van der Waals surface area contributed by atoms with Crippen LogP contribution in [0, 0.1) is 5.41 Å². The largest absolute Gasteiger partial charge is 0.330 e. The fourth-order valence-corrected chi connectivity index (χ4v) is 3.05. The van der Waals surface area contributed by atoms with Gasteiger partial charge in [-0.05, 0) is 39.3 Å². The Morgan fingerprint density at radius 1 is 1.26 bits per heavy atom. The zero-order valence-corrected chi connectivity index (χ0v) is 11.1. The van der Waals surface area contributed by atoms with Gasteiger partial charge in [-0.1, -0.05) is 6.42 Å². The number of rotatable bonds is 2. The highest BCUT2D eigenvalue weighted by atomic mass is 16.2. The zero-order valence-electron chi connectivity index (χ0n) is 11.1. The van der Waals surface area contributed by atoms with E-state index in [-0.39, 0.29) is 11.9 Å². The van der Waals surface area contributed by atoms with Gasteiger partial charge in [-0.15, -0.1) is 0 Å². The van der Waals surface area contributed by atoms with Gasteiger partial charge in [0.25, 0.3) is 0 Å². The Morgan fingerprint density at radius 2 is 2.00 bits per heavy atom. The Bertz CT molecular complexity index is 444. The molecule has 0 aromatic carbocycles. The van der Waals surface area contributed by atoms with Crippen LogP contribution in [0.5, 0.6) is 0 Å². The monoisotopic (exact) mass is 265 g/mol. The summed E-state index contributed by atoms with van der Waals surface area (Å²) in [6.45, 7) is 1.40. The van der Waals surface area contributed by atoms with Crippen LogP contribution in [0.2, 0.25) is 0 Å². The maximum absolute atomic E-state index is 12.3. The minimum atomic E-state index is -0.916. The molecule has 1 saturated carbocycles. The molecule has 1 spiro atoms. The second kappa shape index (κ2) is 4.30. The van der Waals surface area contributed by atoms with Crippen molar-refractivity contribution in [3.8, 4) is 0 Å². The maximum Gasteiger partial charge on any atom is 0.330 e. The van der Waals surface area contributed by atoms with Crippen molar-refractivity contribution in [2.75, 3.05) is 20.1 Å². The van der Waals surface area contributed by atoms with E-state index in [1.807, 2.05) is 7.05 Å². The SMILES string of the molecule is CN1CCCCC1CN1C(=O)NC(=O)C2(CC2)C1=O. The Kier molecular flexibility index (Phi) is 2.85. The number of imide groups is 2. The van der Waals surface area contributed by atoms with Crippen molar-refractivity contribution in [3.05, 3.63) is 0 Å². The normalized spacial score (nSPS) is 30.7. The number of likely N-dealkylation sites (tertiary alicyclic amines) is 1. The van der Waals surface area contributed by atoms with E-state index in [1.165, 1.54) is 4.90 Å². The summed E-state index contributed by atoms with van der Waals surface area (Å²) in [5.41, 5.74) is -0.916. The molecular weight excluding hydrogens is 246 g/mol. The molecule has 1 unspecified atom stereocenters. The molecule has 4 amide bonds. The van der Waals surface area contributed by atoms with E-state index in [0.29, 0.717) is 19.4 Å². The van der Waals surface area contributed by atoms with E-state index in [2.05, 4.69) is 10.2 Å².